The zero-order valence-corrected chi connectivity index (χ0v) is 14.4. The molecule has 1 aromatic carbocycles. The quantitative estimate of drug-likeness (QED) is 0.812. The number of rotatable bonds is 7. The Morgan fingerprint density at radius 2 is 1.91 bits per heavy atom. The van der Waals surface area contributed by atoms with Gasteiger partial charge in [-0.25, -0.2) is 0 Å². The van der Waals surface area contributed by atoms with Crippen molar-refractivity contribution in [2.75, 3.05) is 13.7 Å². The highest BCUT2D eigenvalue weighted by molar-refractivity contribution is 5.85. The highest BCUT2D eigenvalue weighted by atomic mass is 16.5. The molecule has 0 bridgehead atoms. The van der Waals surface area contributed by atoms with Gasteiger partial charge in [-0.2, -0.15) is 0 Å². The van der Waals surface area contributed by atoms with E-state index in [1.54, 1.807) is 21.0 Å². The van der Waals surface area contributed by atoms with E-state index in [2.05, 4.69) is 19.2 Å². The van der Waals surface area contributed by atoms with Gasteiger partial charge in [-0.05, 0) is 44.4 Å². The van der Waals surface area contributed by atoms with Crippen molar-refractivity contribution in [2.24, 2.45) is 11.7 Å². The number of benzene rings is 1. The minimum absolute atomic E-state index is 0.164. The number of amides is 1. The molecule has 1 atom stereocenters. The normalized spacial score (nSPS) is 12.9. The van der Waals surface area contributed by atoms with Crippen molar-refractivity contribution >= 4 is 5.91 Å². The summed E-state index contributed by atoms with van der Waals surface area (Å²) in [4.78, 5) is 12.0. The van der Waals surface area contributed by atoms with Gasteiger partial charge in [0.2, 0.25) is 5.91 Å². The molecule has 0 fully saturated rings. The second kappa shape index (κ2) is 7.49. The zero-order valence-electron chi connectivity index (χ0n) is 14.4. The van der Waals surface area contributed by atoms with E-state index in [1.807, 2.05) is 25.1 Å². The van der Waals surface area contributed by atoms with Crippen LogP contribution in [-0.2, 0) is 4.79 Å². The van der Waals surface area contributed by atoms with E-state index in [4.69, 9.17) is 15.2 Å². The van der Waals surface area contributed by atoms with Gasteiger partial charge in [-0.1, -0.05) is 19.9 Å². The van der Waals surface area contributed by atoms with Crippen molar-refractivity contribution in [1.29, 1.82) is 0 Å². The highest BCUT2D eigenvalue weighted by Crippen LogP contribution is 2.30. The summed E-state index contributed by atoms with van der Waals surface area (Å²) in [7, 11) is 1.60. The van der Waals surface area contributed by atoms with E-state index in [0.717, 1.165) is 5.56 Å². The number of ether oxygens (including phenoxy) is 2. The fourth-order valence-corrected chi connectivity index (χ4v) is 1.80. The molecule has 1 unspecified atom stereocenters. The molecule has 22 heavy (non-hydrogen) atoms. The van der Waals surface area contributed by atoms with Crippen molar-refractivity contribution in [3.8, 4) is 11.5 Å². The first kappa shape index (κ1) is 18.3. The van der Waals surface area contributed by atoms with Gasteiger partial charge in [0.15, 0.2) is 11.5 Å². The Morgan fingerprint density at radius 3 is 2.41 bits per heavy atom. The molecule has 0 saturated carbocycles. The molecule has 3 N–H and O–H groups in total. The third-order valence-electron chi connectivity index (χ3n) is 3.19. The van der Waals surface area contributed by atoms with Gasteiger partial charge in [0.25, 0.3) is 0 Å². The summed E-state index contributed by atoms with van der Waals surface area (Å²) in [6.07, 6.45) is 0. The fourth-order valence-electron chi connectivity index (χ4n) is 1.80. The van der Waals surface area contributed by atoms with Crippen LogP contribution in [0.25, 0.3) is 0 Å². The second-order valence-corrected chi connectivity index (χ2v) is 6.53. The Labute approximate surface area is 133 Å². The van der Waals surface area contributed by atoms with Gasteiger partial charge in [0.05, 0.1) is 25.3 Å². The lowest BCUT2D eigenvalue weighted by Crippen LogP contribution is -2.49. The molecule has 1 aromatic rings. The molecule has 1 amide bonds. The molecule has 124 valence electrons. The third-order valence-corrected chi connectivity index (χ3v) is 3.19. The molecule has 0 aliphatic heterocycles. The molecule has 0 spiro atoms. The molecule has 0 aromatic heterocycles. The number of nitrogens with one attached hydrogen (secondary N) is 1. The Kier molecular flexibility index (Phi) is 6.23. The van der Waals surface area contributed by atoms with Gasteiger partial charge in [0.1, 0.15) is 0 Å². The zero-order chi connectivity index (χ0) is 16.9. The highest BCUT2D eigenvalue weighted by Gasteiger charge is 2.24. The van der Waals surface area contributed by atoms with Crippen molar-refractivity contribution in [3.63, 3.8) is 0 Å². The van der Waals surface area contributed by atoms with Crippen LogP contribution in [0.2, 0.25) is 0 Å². The van der Waals surface area contributed by atoms with E-state index in [1.165, 1.54) is 0 Å². The maximum atomic E-state index is 12.0. The van der Waals surface area contributed by atoms with Crippen LogP contribution in [0.3, 0.4) is 0 Å². The number of carbonyl (C=O) groups excluding carboxylic acids is 1. The van der Waals surface area contributed by atoms with E-state index < -0.39 is 5.54 Å². The maximum absolute atomic E-state index is 12.0. The average Bonchev–Trinajstić information content (AvgIpc) is 2.43. The number of carbonyl (C=O) groups is 1. The molecular weight excluding hydrogens is 280 g/mol. The van der Waals surface area contributed by atoms with Gasteiger partial charge in [-0.15, -0.1) is 0 Å². The number of hydrogen-bond donors (Lipinski definition) is 2. The minimum atomic E-state index is -0.904. The lowest BCUT2D eigenvalue weighted by Gasteiger charge is -2.23. The Bertz CT molecular complexity index is 507. The van der Waals surface area contributed by atoms with Gasteiger partial charge in [0, 0.05) is 0 Å². The second-order valence-electron chi connectivity index (χ2n) is 6.53. The van der Waals surface area contributed by atoms with Crippen LogP contribution in [0.4, 0.5) is 0 Å². The van der Waals surface area contributed by atoms with E-state index in [9.17, 15) is 4.79 Å². The first-order chi connectivity index (χ1) is 10.1. The summed E-state index contributed by atoms with van der Waals surface area (Å²) in [6.45, 7) is 10.1. The van der Waals surface area contributed by atoms with Crippen LogP contribution in [0.5, 0.6) is 11.5 Å². The van der Waals surface area contributed by atoms with Crippen LogP contribution in [0, 0.1) is 5.92 Å². The molecular formula is C17H28N2O3. The standard InChI is InChI=1S/C17H28N2O3/c1-11(2)10-22-14-8-7-13(9-15(14)21-6)12(3)19-16(20)17(4,5)18/h7-9,11-12H,10,18H2,1-6H3,(H,19,20). The van der Waals surface area contributed by atoms with Gasteiger partial charge in [-0.3, -0.25) is 4.79 Å². The van der Waals surface area contributed by atoms with E-state index >= 15 is 0 Å². The minimum Gasteiger partial charge on any atom is -0.493 e. The topological polar surface area (TPSA) is 73.6 Å². The molecule has 0 radical (unpaired) electrons. The van der Waals surface area contributed by atoms with E-state index in [-0.39, 0.29) is 11.9 Å². The average molecular weight is 308 g/mol. The van der Waals surface area contributed by atoms with Crippen LogP contribution in [0.1, 0.15) is 46.2 Å². The molecule has 0 heterocycles. The molecule has 0 saturated heterocycles. The molecule has 5 nitrogen and oxygen atoms in total. The summed E-state index contributed by atoms with van der Waals surface area (Å²) >= 11 is 0. The first-order valence-electron chi connectivity index (χ1n) is 7.55. The van der Waals surface area contributed by atoms with Crippen LogP contribution < -0.4 is 20.5 Å². The summed E-state index contributed by atoms with van der Waals surface area (Å²) in [5.41, 5.74) is 5.83. The van der Waals surface area contributed by atoms with Gasteiger partial charge >= 0.3 is 0 Å². The monoisotopic (exact) mass is 308 g/mol. The lowest BCUT2D eigenvalue weighted by molar-refractivity contribution is -0.125. The SMILES string of the molecule is COc1cc(C(C)NC(=O)C(C)(C)N)ccc1OCC(C)C. The van der Waals surface area contributed by atoms with Crippen molar-refractivity contribution in [1.82, 2.24) is 5.32 Å². The van der Waals surface area contributed by atoms with Gasteiger partial charge < -0.3 is 20.5 Å². The fraction of sp³-hybridized carbons (Fsp3) is 0.588. The Hall–Kier alpha value is -1.75. The lowest BCUT2D eigenvalue weighted by atomic mass is 10.0. The summed E-state index contributed by atoms with van der Waals surface area (Å²) in [6, 6.07) is 5.51. The molecule has 0 aliphatic carbocycles. The van der Waals surface area contributed by atoms with Crippen LogP contribution in [0.15, 0.2) is 18.2 Å². The van der Waals surface area contributed by atoms with Crippen molar-refractivity contribution in [2.45, 2.75) is 46.2 Å². The first-order valence-corrected chi connectivity index (χ1v) is 7.55. The van der Waals surface area contributed by atoms with E-state index in [0.29, 0.717) is 24.0 Å². The Morgan fingerprint density at radius 1 is 1.27 bits per heavy atom. The van der Waals surface area contributed by atoms with Crippen LogP contribution in [-0.4, -0.2) is 25.2 Å². The third kappa shape index (κ3) is 5.22. The Balaban J connectivity index is 2.86. The van der Waals surface area contributed by atoms with Crippen LogP contribution >= 0.6 is 0 Å². The largest absolute Gasteiger partial charge is 0.493 e. The smallest absolute Gasteiger partial charge is 0.239 e. The number of methoxy groups -OCH3 is 1. The molecule has 0 aliphatic rings. The summed E-state index contributed by atoms with van der Waals surface area (Å²) in [5, 5.41) is 2.90. The predicted octanol–water partition coefficient (Wildman–Crippen LogP) is 2.64. The maximum Gasteiger partial charge on any atom is 0.239 e. The number of hydrogen-bond acceptors (Lipinski definition) is 4. The van der Waals surface area contributed by atoms with Crippen molar-refractivity contribution < 1.29 is 14.3 Å². The molecule has 5 heteroatoms. The molecule has 1 rings (SSSR count). The summed E-state index contributed by atoms with van der Waals surface area (Å²) < 4.78 is 11.1. The van der Waals surface area contributed by atoms with Crippen molar-refractivity contribution in [3.05, 3.63) is 23.8 Å². The predicted molar refractivity (Wildman–Crippen MR) is 88.2 cm³/mol. The summed E-state index contributed by atoms with van der Waals surface area (Å²) in [5.74, 6) is 1.61. The number of nitrogens with two attached hydrogens (primary N) is 1.